The van der Waals surface area contributed by atoms with E-state index in [0.717, 1.165) is 23.3 Å². The van der Waals surface area contributed by atoms with E-state index in [1.165, 1.54) is 6.26 Å². The summed E-state index contributed by atoms with van der Waals surface area (Å²) < 4.78 is 48.1. The van der Waals surface area contributed by atoms with Gasteiger partial charge in [-0.2, -0.15) is 4.89 Å². The maximum Gasteiger partial charge on any atom is 0.317 e. The monoisotopic (exact) mass is 777 g/mol. The van der Waals surface area contributed by atoms with Crippen LogP contribution in [0.2, 0.25) is 0 Å². The number of carboxylic acids is 1. The fourth-order valence-corrected chi connectivity index (χ4v) is 7.78. The molecule has 8 rings (SSSR count). The molecular weight excluding hydrogens is 734 g/mol. The number of esters is 1. The zero-order valence-corrected chi connectivity index (χ0v) is 30.7. The predicted octanol–water partition coefficient (Wildman–Crippen LogP) is 3.73. The van der Waals surface area contributed by atoms with E-state index in [0.29, 0.717) is 46.5 Å². The molecule has 16 nitrogen and oxygen atoms in total. The minimum Gasteiger partial charge on any atom is -0.508 e. The number of hydrogen-bond donors (Lipinski definition) is 4. The minimum absolute atomic E-state index is 0.0228. The molecule has 5 heterocycles. The van der Waals surface area contributed by atoms with E-state index >= 15 is 0 Å². The highest BCUT2D eigenvalue weighted by molar-refractivity contribution is 5.90. The number of carbonyl (C=O) groups excluding carboxylic acids is 1. The number of phenols is 1. The Morgan fingerprint density at radius 2 is 1.80 bits per heavy atom. The summed E-state index contributed by atoms with van der Waals surface area (Å²) in [6.45, 7) is 4.38. The smallest absolute Gasteiger partial charge is 0.317 e. The number of fused-ring (bicyclic) bond motifs is 8. The van der Waals surface area contributed by atoms with Gasteiger partial charge in [0.25, 0.3) is 0 Å². The first-order valence-electron chi connectivity index (χ1n) is 18.5. The molecule has 56 heavy (non-hydrogen) atoms. The maximum atomic E-state index is 12.1. The Morgan fingerprint density at radius 3 is 2.59 bits per heavy atom. The Balaban J connectivity index is 1.16. The third kappa shape index (κ3) is 7.25. The molecule has 298 valence electrons. The molecule has 1 fully saturated rings. The molecule has 0 unspecified atom stereocenters. The van der Waals surface area contributed by atoms with Crippen LogP contribution < -0.4 is 29.6 Å². The van der Waals surface area contributed by atoms with E-state index in [4.69, 9.17) is 58.5 Å². The lowest BCUT2D eigenvalue weighted by Gasteiger charge is -2.42. The summed E-state index contributed by atoms with van der Waals surface area (Å²) in [7, 11) is 0. The van der Waals surface area contributed by atoms with Crippen molar-refractivity contribution < 1.29 is 72.6 Å². The second kappa shape index (κ2) is 15.7. The molecule has 1 saturated heterocycles. The van der Waals surface area contributed by atoms with Crippen molar-refractivity contribution in [2.75, 3.05) is 33.2 Å². The van der Waals surface area contributed by atoms with E-state index in [-0.39, 0.29) is 37.4 Å². The van der Waals surface area contributed by atoms with Crippen molar-refractivity contribution in [2.45, 2.75) is 75.3 Å². The predicted molar refractivity (Wildman–Crippen MR) is 192 cm³/mol. The maximum absolute atomic E-state index is 12.1. The van der Waals surface area contributed by atoms with Crippen LogP contribution in [-0.2, 0) is 39.8 Å². The van der Waals surface area contributed by atoms with Crippen molar-refractivity contribution in [2.24, 2.45) is 11.7 Å². The second-order valence-electron chi connectivity index (χ2n) is 14.6. The Kier molecular flexibility index (Phi) is 10.6. The summed E-state index contributed by atoms with van der Waals surface area (Å²) in [5.74, 6) is 0.192. The van der Waals surface area contributed by atoms with Crippen LogP contribution in [0.3, 0.4) is 0 Å². The van der Waals surface area contributed by atoms with Crippen LogP contribution in [-0.4, -0.2) is 91.1 Å². The molecule has 16 heteroatoms. The van der Waals surface area contributed by atoms with E-state index in [9.17, 15) is 19.8 Å². The molecule has 3 aromatic carbocycles. The molecule has 0 bridgehead atoms. The summed E-state index contributed by atoms with van der Waals surface area (Å²) in [5, 5.41) is 30.9. The number of benzene rings is 3. The number of phenolic OH excluding ortho intramolecular Hbond substituents is 1. The van der Waals surface area contributed by atoms with E-state index in [2.05, 4.69) is 13.8 Å². The first-order valence-corrected chi connectivity index (χ1v) is 18.5. The van der Waals surface area contributed by atoms with Crippen LogP contribution in [0.25, 0.3) is 0 Å². The van der Waals surface area contributed by atoms with Crippen LogP contribution in [0.4, 0.5) is 0 Å². The van der Waals surface area contributed by atoms with Crippen molar-refractivity contribution in [3.05, 3.63) is 82.6 Å². The van der Waals surface area contributed by atoms with Crippen LogP contribution in [0.5, 0.6) is 34.5 Å². The van der Waals surface area contributed by atoms with E-state index < -0.39 is 67.7 Å². The molecule has 5 aliphatic rings. The highest BCUT2D eigenvalue weighted by Gasteiger charge is 2.50. The number of hydrogen-bond acceptors (Lipinski definition) is 15. The standard InChI is InChI=1S/C40H43NO15/c1-19(2)10-26-35-24(13-30-37(26)52-18-51-30)27-16-49-28-12-23-22(20-4-3-5-21(42)11-20)6-8-47-38-34(46)31(17-50-33(45)15-32(43)44)53-40(48-9-7-41)39(38)56-55-29(23)14-25(28)36(27)54-35/h3-6,8,11-14,19,22,27,31,34,36,38-40,42,46H,7,9-10,15-18,41H2,1-2H3,(H,43,44)/b8-6-/t22-,27-,31-,34-,36-,38+,39-,40-/m1/s1. The quantitative estimate of drug-likeness (QED) is 0.131. The number of aliphatic hydroxyl groups is 1. The van der Waals surface area contributed by atoms with Gasteiger partial charge in [0.15, 0.2) is 35.7 Å². The van der Waals surface area contributed by atoms with Gasteiger partial charge in [-0.25, -0.2) is 0 Å². The highest BCUT2D eigenvalue weighted by Crippen LogP contribution is 2.58. The summed E-state index contributed by atoms with van der Waals surface area (Å²) in [6.07, 6.45) is -3.81. The SMILES string of the molecule is CC(C)Cc1c2c(cc3c1O[C@@H]1c4cc5c(cc4OC[C@H]31)[C@@H](c1cccc(O)c1)/C=C\O[C@H]1[C@H](O)[C@@H](COC(=O)CC(=O)O)O[C@@H](OCCN)[C@@H]1OO5)OCO2. The van der Waals surface area contributed by atoms with Crippen LogP contribution in [0.15, 0.2) is 54.8 Å². The van der Waals surface area contributed by atoms with Gasteiger partial charge in [-0.3, -0.25) is 9.59 Å². The number of aromatic hydroxyl groups is 1. The number of nitrogens with two attached hydrogens (primary N) is 1. The number of carboxylic acid groups (broad SMARTS) is 1. The zero-order valence-electron chi connectivity index (χ0n) is 30.7. The van der Waals surface area contributed by atoms with Crippen LogP contribution >= 0.6 is 0 Å². The largest absolute Gasteiger partial charge is 0.508 e. The number of rotatable bonds is 10. The average molecular weight is 778 g/mol. The van der Waals surface area contributed by atoms with Gasteiger partial charge in [0.1, 0.15) is 48.6 Å². The Morgan fingerprint density at radius 1 is 0.982 bits per heavy atom. The van der Waals surface area contributed by atoms with Crippen LogP contribution in [0, 0.1) is 5.92 Å². The normalized spacial score (nSPS) is 27.4. The van der Waals surface area contributed by atoms with Gasteiger partial charge in [-0.15, -0.1) is 0 Å². The van der Waals surface area contributed by atoms with Gasteiger partial charge < -0.3 is 63.8 Å². The van der Waals surface area contributed by atoms with Crippen molar-refractivity contribution in [1.29, 1.82) is 0 Å². The van der Waals surface area contributed by atoms with Crippen molar-refractivity contribution in [1.82, 2.24) is 0 Å². The molecule has 5 N–H and O–H groups in total. The lowest BCUT2D eigenvalue weighted by Crippen LogP contribution is -2.61. The Bertz CT molecular complexity index is 2000. The van der Waals surface area contributed by atoms with Gasteiger partial charge in [-0.05, 0) is 54.3 Å². The molecular formula is C40H43NO15. The Hall–Kier alpha value is -5.26. The summed E-state index contributed by atoms with van der Waals surface area (Å²) in [5.41, 5.74) is 9.65. The molecule has 3 aromatic rings. The number of aliphatic carboxylic acids is 1. The number of carbonyl (C=O) groups is 2. The van der Waals surface area contributed by atoms with Crippen molar-refractivity contribution in [3.8, 4) is 34.5 Å². The number of ether oxygens (including phenoxy) is 8. The van der Waals surface area contributed by atoms with Crippen LogP contribution in [0.1, 0.15) is 66.0 Å². The highest BCUT2D eigenvalue weighted by atomic mass is 17.2. The summed E-state index contributed by atoms with van der Waals surface area (Å²) in [6, 6.07) is 12.4. The summed E-state index contributed by atoms with van der Waals surface area (Å²) >= 11 is 0. The molecule has 0 aliphatic carbocycles. The number of aliphatic hydroxyl groups excluding tert-OH is 1. The lowest BCUT2D eigenvalue weighted by molar-refractivity contribution is -0.372. The minimum atomic E-state index is -1.47. The molecule has 0 aromatic heterocycles. The first-order chi connectivity index (χ1) is 27.1. The first kappa shape index (κ1) is 37.7. The van der Waals surface area contributed by atoms with E-state index in [1.807, 2.05) is 18.2 Å². The molecule has 0 amide bonds. The zero-order chi connectivity index (χ0) is 39.1. The van der Waals surface area contributed by atoms with Gasteiger partial charge in [0.2, 0.25) is 6.79 Å². The van der Waals surface area contributed by atoms with Gasteiger partial charge in [0.05, 0.1) is 25.4 Å². The average Bonchev–Trinajstić information content (AvgIpc) is 3.80. The summed E-state index contributed by atoms with van der Waals surface area (Å²) in [4.78, 5) is 35.4. The molecule has 0 radical (unpaired) electrons. The van der Waals surface area contributed by atoms with Gasteiger partial charge in [0, 0.05) is 34.7 Å². The molecule has 8 atom stereocenters. The lowest BCUT2D eigenvalue weighted by atomic mass is 9.84. The third-order valence-corrected chi connectivity index (χ3v) is 10.3. The molecule has 0 saturated carbocycles. The van der Waals surface area contributed by atoms with Gasteiger partial charge >= 0.3 is 11.9 Å². The van der Waals surface area contributed by atoms with Crippen molar-refractivity contribution in [3.63, 3.8) is 0 Å². The fraction of sp³-hybridized carbons (Fsp3) is 0.450. The van der Waals surface area contributed by atoms with E-state index in [1.54, 1.807) is 30.3 Å². The molecule has 5 aliphatic heterocycles. The topological polar surface area (TPSA) is 213 Å². The Labute approximate surface area is 321 Å². The van der Waals surface area contributed by atoms with Gasteiger partial charge in [-0.1, -0.05) is 26.0 Å². The third-order valence-electron chi connectivity index (χ3n) is 10.3. The fourth-order valence-electron chi connectivity index (χ4n) is 7.78. The second-order valence-corrected chi connectivity index (χ2v) is 14.6. The van der Waals surface area contributed by atoms with Crippen molar-refractivity contribution >= 4 is 11.9 Å². The number of allylic oxidation sites excluding steroid dienone is 1. The molecule has 0 spiro atoms.